The fourth-order valence-electron chi connectivity index (χ4n) is 2.07. The summed E-state index contributed by atoms with van der Waals surface area (Å²) in [4.78, 5) is 14.3. The number of benzene rings is 2. The highest BCUT2D eigenvalue weighted by atomic mass is 35.5. The zero-order chi connectivity index (χ0) is 14.7. The Balaban J connectivity index is 2.42. The van der Waals surface area contributed by atoms with Crippen LogP contribution in [0.15, 0.2) is 42.5 Å². The third-order valence-corrected chi connectivity index (χ3v) is 3.48. The molecular weight excluding hydrogens is 272 g/mol. The van der Waals surface area contributed by atoms with Gasteiger partial charge < -0.3 is 10.6 Å². The van der Waals surface area contributed by atoms with Crippen molar-refractivity contribution in [1.29, 1.82) is 0 Å². The molecule has 20 heavy (non-hydrogen) atoms. The first-order valence-electron chi connectivity index (χ1n) is 6.47. The van der Waals surface area contributed by atoms with E-state index in [0.717, 1.165) is 11.3 Å². The summed E-state index contributed by atoms with van der Waals surface area (Å²) < 4.78 is 0. The molecule has 0 heterocycles. The summed E-state index contributed by atoms with van der Waals surface area (Å²) in [5.41, 5.74) is 8.62. The first-order chi connectivity index (χ1) is 9.54. The number of anilines is 2. The van der Waals surface area contributed by atoms with Crippen molar-refractivity contribution in [1.82, 2.24) is 0 Å². The van der Waals surface area contributed by atoms with Crippen molar-refractivity contribution in [3.8, 4) is 0 Å². The predicted molar refractivity (Wildman–Crippen MR) is 84.4 cm³/mol. The zero-order valence-electron chi connectivity index (χ0n) is 11.6. The van der Waals surface area contributed by atoms with Crippen molar-refractivity contribution < 1.29 is 4.79 Å². The number of hydrogen-bond acceptors (Lipinski definition) is 2. The number of nitrogen functional groups attached to an aromatic ring is 1. The minimum atomic E-state index is -0.181. The van der Waals surface area contributed by atoms with Crippen LogP contribution in [0.1, 0.15) is 22.8 Å². The van der Waals surface area contributed by atoms with Crippen molar-refractivity contribution in [2.24, 2.45) is 0 Å². The lowest BCUT2D eigenvalue weighted by Gasteiger charge is -2.22. The minimum absolute atomic E-state index is 0.181. The van der Waals surface area contributed by atoms with Crippen LogP contribution in [0.25, 0.3) is 0 Å². The molecule has 2 aromatic rings. The molecule has 0 saturated carbocycles. The Bertz CT molecular complexity index is 603. The van der Waals surface area contributed by atoms with Crippen molar-refractivity contribution in [2.45, 2.75) is 13.8 Å². The molecule has 0 aliphatic heterocycles. The monoisotopic (exact) mass is 288 g/mol. The average molecular weight is 289 g/mol. The third-order valence-electron chi connectivity index (χ3n) is 3.17. The van der Waals surface area contributed by atoms with Crippen LogP contribution in [0.2, 0.25) is 5.02 Å². The van der Waals surface area contributed by atoms with Crippen molar-refractivity contribution in [2.75, 3.05) is 17.2 Å². The molecule has 0 spiro atoms. The van der Waals surface area contributed by atoms with E-state index in [-0.39, 0.29) is 5.91 Å². The molecule has 0 fully saturated rings. The molecule has 0 bridgehead atoms. The quantitative estimate of drug-likeness (QED) is 0.871. The molecular formula is C16H17ClN2O. The van der Waals surface area contributed by atoms with E-state index in [2.05, 4.69) is 0 Å². The lowest BCUT2D eigenvalue weighted by atomic mass is 10.1. The highest BCUT2D eigenvalue weighted by Gasteiger charge is 2.20. The normalized spacial score (nSPS) is 10.3. The topological polar surface area (TPSA) is 46.3 Å². The third kappa shape index (κ3) is 2.78. The van der Waals surface area contributed by atoms with Crippen LogP contribution in [-0.2, 0) is 0 Å². The number of nitrogens with zero attached hydrogens (tertiary/aromatic N) is 1. The number of aryl methyl sites for hydroxylation is 1. The highest BCUT2D eigenvalue weighted by Crippen LogP contribution is 2.26. The van der Waals surface area contributed by atoms with Gasteiger partial charge in [-0.3, -0.25) is 4.79 Å². The van der Waals surface area contributed by atoms with Crippen LogP contribution in [0.3, 0.4) is 0 Å². The molecule has 0 atom stereocenters. The van der Waals surface area contributed by atoms with Gasteiger partial charge in [0, 0.05) is 17.9 Å². The maximum atomic E-state index is 12.7. The van der Waals surface area contributed by atoms with Crippen LogP contribution in [0.5, 0.6) is 0 Å². The maximum Gasteiger partial charge on any atom is 0.261 e. The summed E-state index contributed by atoms with van der Waals surface area (Å²) in [7, 11) is 0. The molecule has 2 rings (SSSR count). The smallest absolute Gasteiger partial charge is 0.261 e. The highest BCUT2D eigenvalue weighted by molar-refractivity contribution is 6.35. The number of hydrogen-bond donors (Lipinski definition) is 1. The van der Waals surface area contributed by atoms with Gasteiger partial charge in [0.15, 0.2) is 0 Å². The summed E-state index contributed by atoms with van der Waals surface area (Å²) in [5.74, 6) is -0.181. The number of halogens is 1. The molecule has 104 valence electrons. The van der Waals surface area contributed by atoms with Gasteiger partial charge in [0.05, 0.1) is 10.6 Å². The van der Waals surface area contributed by atoms with Crippen molar-refractivity contribution in [3.05, 3.63) is 58.6 Å². The Labute approximate surface area is 124 Å². The number of carbonyl (C=O) groups is 1. The maximum absolute atomic E-state index is 12.7. The van der Waals surface area contributed by atoms with Gasteiger partial charge in [0.1, 0.15) is 0 Å². The second-order valence-corrected chi connectivity index (χ2v) is 5.00. The van der Waals surface area contributed by atoms with Crippen LogP contribution in [0, 0.1) is 6.92 Å². The van der Waals surface area contributed by atoms with Crippen LogP contribution >= 0.6 is 11.6 Å². The number of carbonyl (C=O) groups excluding carboxylic acids is 1. The predicted octanol–water partition coefficient (Wildman–Crippen LogP) is 3.90. The molecule has 2 N–H and O–H groups in total. The van der Waals surface area contributed by atoms with E-state index >= 15 is 0 Å². The van der Waals surface area contributed by atoms with E-state index in [0.29, 0.717) is 22.8 Å². The summed E-state index contributed by atoms with van der Waals surface area (Å²) >= 11 is 6.11. The van der Waals surface area contributed by atoms with Gasteiger partial charge in [0.2, 0.25) is 0 Å². The van der Waals surface area contributed by atoms with E-state index in [1.54, 1.807) is 23.1 Å². The molecule has 0 aliphatic carbocycles. The van der Waals surface area contributed by atoms with Gasteiger partial charge in [-0.15, -0.1) is 0 Å². The number of rotatable bonds is 3. The Morgan fingerprint density at radius 3 is 2.40 bits per heavy atom. The largest absolute Gasteiger partial charge is 0.398 e. The van der Waals surface area contributed by atoms with E-state index in [4.69, 9.17) is 17.3 Å². The van der Waals surface area contributed by atoms with E-state index in [9.17, 15) is 4.79 Å². The molecule has 2 aromatic carbocycles. The zero-order valence-corrected chi connectivity index (χ0v) is 12.3. The fourth-order valence-corrected chi connectivity index (χ4v) is 2.33. The van der Waals surface area contributed by atoms with Gasteiger partial charge in [-0.25, -0.2) is 0 Å². The fraction of sp³-hybridized carbons (Fsp3) is 0.188. The summed E-state index contributed by atoms with van der Waals surface area (Å²) in [5, 5.41) is 0.376. The Hall–Kier alpha value is -2.00. The van der Waals surface area contributed by atoms with E-state index < -0.39 is 0 Å². The second kappa shape index (κ2) is 5.97. The van der Waals surface area contributed by atoms with Gasteiger partial charge in [-0.05, 0) is 38.1 Å². The number of nitrogens with two attached hydrogens (primary N) is 1. The molecule has 4 heteroatoms. The van der Waals surface area contributed by atoms with E-state index in [1.165, 1.54) is 0 Å². The summed E-state index contributed by atoms with van der Waals surface area (Å²) in [6.07, 6.45) is 0. The SMILES string of the molecule is CCN(C(=O)c1c(N)cccc1Cl)c1ccc(C)cc1. The van der Waals surface area contributed by atoms with Crippen molar-refractivity contribution >= 4 is 28.9 Å². The number of amides is 1. The Morgan fingerprint density at radius 2 is 1.85 bits per heavy atom. The Kier molecular flexibility index (Phi) is 4.30. The molecule has 0 saturated heterocycles. The molecule has 3 nitrogen and oxygen atoms in total. The molecule has 0 aromatic heterocycles. The molecule has 0 unspecified atom stereocenters. The van der Waals surface area contributed by atoms with Gasteiger partial charge >= 0.3 is 0 Å². The van der Waals surface area contributed by atoms with Crippen LogP contribution in [-0.4, -0.2) is 12.5 Å². The average Bonchev–Trinajstić information content (AvgIpc) is 2.41. The van der Waals surface area contributed by atoms with Crippen LogP contribution < -0.4 is 10.6 Å². The van der Waals surface area contributed by atoms with Gasteiger partial charge in [-0.1, -0.05) is 35.4 Å². The van der Waals surface area contributed by atoms with Gasteiger partial charge in [-0.2, -0.15) is 0 Å². The molecule has 0 radical (unpaired) electrons. The minimum Gasteiger partial charge on any atom is -0.398 e. The lowest BCUT2D eigenvalue weighted by Crippen LogP contribution is -2.31. The summed E-state index contributed by atoms with van der Waals surface area (Å²) in [6, 6.07) is 12.9. The molecule has 1 amide bonds. The first kappa shape index (κ1) is 14.4. The first-order valence-corrected chi connectivity index (χ1v) is 6.85. The van der Waals surface area contributed by atoms with E-state index in [1.807, 2.05) is 38.1 Å². The standard InChI is InChI=1S/C16H17ClN2O/c1-3-19(12-9-7-11(2)8-10-12)16(20)15-13(17)5-4-6-14(15)18/h4-10H,3,18H2,1-2H3. The van der Waals surface area contributed by atoms with Gasteiger partial charge in [0.25, 0.3) is 5.91 Å². The Morgan fingerprint density at radius 1 is 1.20 bits per heavy atom. The summed E-state index contributed by atoms with van der Waals surface area (Å²) in [6.45, 7) is 4.48. The second-order valence-electron chi connectivity index (χ2n) is 4.59. The lowest BCUT2D eigenvalue weighted by molar-refractivity contribution is 0.0989. The van der Waals surface area contributed by atoms with Crippen LogP contribution in [0.4, 0.5) is 11.4 Å². The molecule has 0 aliphatic rings. The van der Waals surface area contributed by atoms with Crippen molar-refractivity contribution in [3.63, 3.8) is 0 Å².